The molecule has 0 radical (unpaired) electrons. The van der Waals surface area contributed by atoms with Gasteiger partial charge in [-0.2, -0.15) is 0 Å². The maximum atomic E-state index is 11.4. The number of nitrogens with zero attached hydrogens (tertiary/aromatic N) is 3. The second-order valence-electron chi connectivity index (χ2n) is 13.4. The first-order valence-corrected chi connectivity index (χ1v) is 18.9. The van der Waals surface area contributed by atoms with Crippen LogP contribution in [-0.2, 0) is 31.9 Å². The van der Waals surface area contributed by atoms with Gasteiger partial charge in [-0.3, -0.25) is 19.5 Å². The van der Waals surface area contributed by atoms with Crippen molar-refractivity contribution in [2.75, 3.05) is 70.9 Å². The van der Waals surface area contributed by atoms with Gasteiger partial charge in [-0.1, -0.05) is 34.5 Å². The van der Waals surface area contributed by atoms with Crippen LogP contribution in [0.1, 0.15) is 57.1 Å². The molecule has 0 bridgehead atoms. The van der Waals surface area contributed by atoms with Gasteiger partial charge >= 0.3 is 11.9 Å². The lowest BCUT2D eigenvalue weighted by Gasteiger charge is -2.46. The average Bonchev–Trinajstić information content (AvgIpc) is 3.56. The second kappa shape index (κ2) is 17.6. The highest BCUT2D eigenvalue weighted by molar-refractivity contribution is 9.09. The molecule has 12 nitrogen and oxygen atoms in total. The number of aromatic hydroxyl groups is 2. The van der Waals surface area contributed by atoms with Gasteiger partial charge in [-0.05, 0) is 56.4 Å². The number of alkyl halides is 1. The van der Waals surface area contributed by atoms with Crippen LogP contribution in [0, 0.1) is 0 Å². The van der Waals surface area contributed by atoms with E-state index in [-0.39, 0.29) is 34.6 Å². The summed E-state index contributed by atoms with van der Waals surface area (Å²) < 4.78 is 21.1. The molecular weight excluding hydrogens is 708 g/mol. The van der Waals surface area contributed by atoms with Crippen molar-refractivity contribution in [1.29, 1.82) is 0 Å². The largest absolute Gasteiger partial charge is 0.508 e. The van der Waals surface area contributed by atoms with E-state index in [1.807, 2.05) is 17.0 Å². The van der Waals surface area contributed by atoms with Crippen molar-refractivity contribution in [3.8, 4) is 23.0 Å². The first kappa shape index (κ1) is 37.7. The summed E-state index contributed by atoms with van der Waals surface area (Å²) in [5, 5.41) is 22.2. The first-order valence-electron chi connectivity index (χ1n) is 17.8. The van der Waals surface area contributed by atoms with Crippen molar-refractivity contribution in [2.24, 2.45) is 4.99 Å². The normalized spacial score (nSPS) is 20.0. The zero-order valence-corrected chi connectivity index (χ0v) is 30.8. The Bertz CT molecular complexity index is 1490. The van der Waals surface area contributed by atoms with Crippen LogP contribution >= 0.6 is 15.9 Å². The predicted molar refractivity (Wildman–Crippen MR) is 194 cm³/mol. The van der Waals surface area contributed by atoms with Gasteiger partial charge in [0.25, 0.3) is 0 Å². The lowest BCUT2D eigenvalue weighted by atomic mass is 9.89. The number of fused-ring (bicyclic) bond motifs is 3. The van der Waals surface area contributed by atoms with Gasteiger partial charge < -0.3 is 39.4 Å². The Labute approximate surface area is 303 Å². The van der Waals surface area contributed by atoms with E-state index in [1.165, 1.54) is 56.6 Å². The Hall–Kier alpha value is -3.55. The number of likely N-dealkylation sites (tertiary alicyclic amines) is 1. The molecule has 0 saturated carbocycles. The smallest absolute Gasteiger partial charge is 0.320 e. The van der Waals surface area contributed by atoms with E-state index in [0.717, 1.165) is 62.6 Å². The van der Waals surface area contributed by atoms with Crippen LogP contribution < -0.4 is 14.8 Å². The fourth-order valence-electron chi connectivity index (χ4n) is 6.99. The van der Waals surface area contributed by atoms with E-state index in [0.29, 0.717) is 25.1 Å². The van der Waals surface area contributed by atoms with Crippen LogP contribution in [0.25, 0.3) is 0 Å². The molecule has 0 aromatic heterocycles. The summed E-state index contributed by atoms with van der Waals surface area (Å²) in [5.74, 6) is 3.11. The third kappa shape index (κ3) is 10.0. The molecule has 2 aromatic rings. The summed E-state index contributed by atoms with van der Waals surface area (Å²) in [5.41, 5.74) is 2.10. The van der Waals surface area contributed by atoms with Gasteiger partial charge in [0.05, 0.1) is 25.6 Å². The van der Waals surface area contributed by atoms with Gasteiger partial charge in [0.15, 0.2) is 0 Å². The number of rotatable bonds is 5. The molecule has 3 fully saturated rings. The Balaban J connectivity index is 0.000000138. The lowest BCUT2D eigenvalue weighted by Crippen LogP contribution is -2.65. The lowest BCUT2D eigenvalue weighted by molar-refractivity contribution is -0.149. The zero-order valence-electron chi connectivity index (χ0n) is 29.3. The second-order valence-corrected chi connectivity index (χ2v) is 14.0. The summed E-state index contributed by atoms with van der Waals surface area (Å²) in [4.78, 5) is 30.6. The summed E-state index contributed by atoms with van der Waals surface area (Å²) in [6.07, 6.45) is 8.44. The van der Waals surface area contributed by atoms with Crippen molar-refractivity contribution in [3.63, 3.8) is 0 Å². The fraction of sp³-hybridized carbons (Fsp3) is 0.595. The molecule has 2 spiro atoms. The minimum atomic E-state index is -0.220. The van der Waals surface area contributed by atoms with Crippen LogP contribution in [0.15, 0.2) is 41.4 Å². The molecule has 0 amide bonds. The molecule has 3 N–H and O–H groups in total. The number of hydrogen-bond donors (Lipinski definition) is 3. The van der Waals surface area contributed by atoms with E-state index < -0.39 is 0 Å². The van der Waals surface area contributed by atoms with Gasteiger partial charge in [0.2, 0.25) is 0 Å². The summed E-state index contributed by atoms with van der Waals surface area (Å²) in [6.45, 7) is 11.7. The molecule has 274 valence electrons. The highest BCUT2D eigenvalue weighted by atomic mass is 79.9. The number of aliphatic imine (C=N–C) groups is 1. The molecule has 2 aromatic carbocycles. The zero-order chi connectivity index (χ0) is 35.6. The number of ether oxygens (including phenoxy) is 4. The summed E-state index contributed by atoms with van der Waals surface area (Å²) in [7, 11) is 0. The predicted octanol–water partition coefficient (Wildman–Crippen LogP) is 4.22. The summed E-state index contributed by atoms with van der Waals surface area (Å²) in [6, 6.07) is 10.6. The monoisotopic (exact) mass is 758 g/mol. The highest BCUT2D eigenvalue weighted by Gasteiger charge is 2.50. The third-order valence-corrected chi connectivity index (χ3v) is 9.80. The van der Waals surface area contributed by atoms with Crippen LogP contribution in [0.4, 0.5) is 0 Å². The number of benzene rings is 2. The summed E-state index contributed by atoms with van der Waals surface area (Å²) >= 11 is 2.94. The average molecular weight is 760 g/mol. The van der Waals surface area contributed by atoms with Crippen LogP contribution in [-0.4, -0.2) is 120 Å². The van der Waals surface area contributed by atoms with Crippen molar-refractivity contribution >= 4 is 33.7 Å². The Morgan fingerprint density at radius 1 is 0.860 bits per heavy atom. The van der Waals surface area contributed by atoms with Crippen LogP contribution in [0.2, 0.25) is 0 Å². The SMILES string of the molecule is C1CCC2=NCCCN2CC1.CCOC(=O)CBr.CCOC(=O)CN1CC2(Cc3ccc(O)cc3O2)C1.Oc1ccc2c(c1)OC1(CNC1)C2. The number of phenols is 2. The molecule has 13 heteroatoms. The van der Waals surface area contributed by atoms with Crippen LogP contribution in [0.5, 0.6) is 23.0 Å². The van der Waals surface area contributed by atoms with E-state index >= 15 is 0 Å². The number of phenolic OH excluding ortho intramolecular Hbond substituents is 2. The first-order chi connectivity index (χ1) is 24.1. The molecule has 6 aliphatic rings. The number of hydrogen-bond acceptors (Lipinski definition) is 12. The maximum absolute atomic E-state index is 11.4. The van der Waals surface area contributed by atoms with Gasteiger partial charge in [-0.15, -0.1) is 0 Å². The van der Waals surface area contributed by atoms with E-state index in [4.69, 9.17) is 14.2 Å². The van der Waals surface area contributed by atoms with E-state index in [1.54, 1.807) is 38.1 Å². The Morgan fingerprint density at radius 3 is 2.04 bits per heavy atom. The molecule has 0 aliphatic carbocycles. The van der Waals surface area contributed by atoms with Crippen molar-refractivity contribution in [3.05, 3.63) is 47.5 Å². The number of esters is 2. The Morgan fingerprint density at radius 2 is 1.46 bits per heavy atom. The number of halogens is 1. The molecule has 50 heavy (non-hydrogen) atoms. The van der Waals surface area contributed by atoms with Gasteiger partial charge in [0.1, 0.15) is 39.5 Å². The number of amidine groups is 1. The Kier molecular flexibility index (Phi) is 13.3. The van der Waals surface area contributed by atoms with Crippen molar-refractivity contribution in [2.45, 2.75) is 70.0 Å². The third-order valence-electron chi connectivity index (χ3n) is 9.34. The molecule has 0 atom stereocenters. The van der Waals surface area contributed by atoms with Crippen LogP contribution in [0.3, 0.4) is 0 Å². The van der Waals surface area contributed by atoms with Gasteiger partial charge in [-0.25, -0.2) is 0 Å². The van der Waals surface area contributed by atoms with Gasteiger partial charge in [0, 0.05) is 77.2 Å². The highest BCUT2D eigenvalue weighted by Crippen LogP contribution is 2.42. The molecule has 6 aliphatic heterocycles. The molecular formula is C37H51BrN4O8. The quantitative estimate of drug-likeness (QED) is 0.298. The van der Waals surface area contributed by atoms with E-state index in [2.05, 4.69) is 35.9 Å². The number of carbonyl (C=O) groups is 2. The standard InChI is InChI=1S/C14H17NO4.C10H11NO2.C9H16N2.C4H7BrO2/c1-2-18-13(17)7-15-8-14(9-15)6-10-3-4-11(16)5-12(10)19-14;12-8-2-1-7-4-10(5-11-6-10)13-9(7)3-8;1-2-5-9-10-6-4-8-11(9)7-3-1;1-2-7-4(6)3-5/h3-5,16H,2,6-9H2,1H3;1-3,11-12H,4-6H2;1-8H2;2-3H2,1H3. The molecule has 6 heterocycles. The van der Waals surface area contributed by atoms with Crippen molar-refractivity contribution in [1.82, 2.24) is 15.1 Å². The molecule has 3 saturated heterocycles. The maximum Gasteiger partial charge on any atom is 0.320 e. The van der Waals surface area contributed by atoms with Crippen molar-refractivity contribution < 1.29 is 38.7 Å². The number of nitrogens with one attached hydrogen (secondary N) is 1. The minimum Gasteiger partial charge on any atom is -0.508 e. The number of carbonyl (C=O) groups excluding carboxylic acids is 2. The minimum absolute atomic E-state index is 0.00384. The van der Waals surface area contributed by atoms with E-state index in [9.17, 15) is 19.8 Å². The topological polar surface area (TPSA) is 142 Å². The molecule has 8 rings (SSSR count). The fourth-order valence-corrected chi connectivity index (χ4v) is 7.15. The molecule has 0 unspecified atom stereocenters.